The van der Waals surface area contributed by atoms with Gasteiger partial charge in [0.1, 0.15) is 17.4 Å². The summed E-state index contributed by atoms with van der Waals surface area (Å²) < 4.78 is 14.0. The van der Waals surface area contributed by atoms with Crippen molar-refractivity contribution in [3.05, 3.63) is 101 Å². The van der Waals surface area contributed by atoms with Crippen LogP contribution in [-0.4, -0.2) is 31.1 Å². The van der Waals surface area contributed by atoms with E-state index in [4.69, 9.17) is 0 Å². The number of nitrogens with zero attached hydrogens (tertiary/aromatic N) is 3. The zero-order valence-corrected chi connectivity index (χ0v) is 15.6. The minimum Gasteiger partial charge on any atom is -0.368 e. The maximum absolute atomic E-state index is 14.0. The van der Waals surface area contributed by atoms with Crippen molar-refractivity contribution in [1.82, 2.24) is 4.90 Å². The van der Waals surface area contributed by atoms with E-state index in [0.717, 1.165) is 26.2 Å². The highest BCUT2D eigenvalue weighted by molar-refractivity contribution is 5.60. The third-order valence-corrected chi connectivity index (χ3v) is 5.35. The fraction of sp³-hybridized carbons (Fsp3) is 0.208. The van der Waals surface area contributed by atoms with Crippen LogP contribution in [0.4, 0.5) is 10.1 Å². The number of hydrogen-bond acceptors (Lipinski definition) is 3. The molecule has 1 aliphatic heterocycles. The molecular formula is C24H22FN3. The third-order valence-electron chi connectivity index (χ3n) is 5.35. The third kappa shape index (κ3) is 3.62. The van der Waals surface area contributed by atoms with Gasteiger partial charge in [-0.25, -0.2) is 4.39 Å². The standard InChI is InChI=1S/C24H22FN3/c25-22-12-7-13-23(21(22)18-26)27-14-16-28(17-15-27)24(19-8-3-1-4-9-19)20-10-5-2-6-11-20/h1-13,24H,14-17H2. The predicted molar refractivity (Wildman–Crippen MR) is 110 cm³/mol. The van der Waals surface area contributed by atoms with Gasteiger partial charge in [-0.1, -0.05) is 66.7 Å². The van der Waals surface area contributed by atoms with E-state index < -0.39 is 5.82 Å². The number of halogens is 1. The van der Waals surface area contributed by atoms with E-state index in [0.29, 0.717) is 5.69 Å². The fourth-order valence-corrected chi connectivity index (χ4v) is 3.99. The first-order valence-electron chi connectivity index (χ1n) is 9.55. The summed E-state index contributed by atoms with van der Waals surface area (Å²) in [5.41, 5.74) is 3.37. The molecule has 1 saturated heterocycles. The molecule has 3 nitrogen and oxygen atoms in total. The van der Waals surface area contributed by atoms with Crippen molar-refractivity contribution in [2.45, 2.75) is 6.04 Å². The van der Waals surface area contributed by atoms with Crippen LogP contribution in [0.3, 0.4) is 0 Å². The van der Waals surface area contributed by atoms with Crippen LogP contribution in [0, 0.1) is 17.1 Å². The van der Waals surface area contributed by atoms with Crippen LogP contribution in [0.2, 0.25) is 0 Å². The summed E-state index contributed by atoms with van der Waals surface area (Å²) in [5, 5.41) is 9.34. The van der Waals surface area contributed by atoms with Crippen LogP contribution in [0.25, 0.3) is 0 Å². The van der Waals surface area contributed by atoms with Crippen LogP contribution in [0.15, 0.2) is 78.9 Å². The Hall–Kier alpha value is -3.16. The summed E-state index contributed by atoms with van der Waals surface area (Å²) in [6.07, 6.45) is 0. The van der Waals surface area contributed by atoms with Gasteiger partial charge >= 0.3 is 0 Å². The Morgan fingerprint density at radius 1 is 0.750 bits per heavy atom. The number of rotatable bonds is 4. The van der Waals surface area contributed by atoms with Gasteiger partial charge in [0.25, 0.3) is 0 Å². The van der Waals surface area contributed by atoms with E-state index in [1.807, 2.05) is 24.3 Å². The van der Waals surface area contributed by atoms with Crippen LogP contribution < -0.4 is 4.90 Å². The number of benzene rings is 3. The van der Waals surface area contributed by atoms with Gasteiger partial charge < -0.3 is 4.90 Å². The SMILES string of the molecule is N#Cc1c(F)cccc1N1CCN(C(c2ccccc2)c2ccccc2)CC1. The Kier molecular flexibility index (Phi) is 5.36. The first-order chi connectivity index (χ1) is 13.8. The Balaban J connectivity index is 1.58. The molecule has 0 saturated carbocycles. The Labute approximate surface area is 165 Å². The molecule has 140 valence electrons. The lowest BCUT2D eigenvalue weighted by molar-refractivity contribution is 0.212. The van der Waals surface area contributed by atoms with Gasteiger partial charge in [-0.15, -0.1) is 0 Å². The predicted octanol–water partition coefficient (Wildman–Crippen LogP) is 4.61. The highest BCUT2D eigenvalue weighted by Crippen LogP contribution is 2.31. The number of piperazine rings is 1. The van der Waals surface area contributed by atoms with Crippen molar-refractivity contribution >= 4 is 5.69 Å². The van der Waals surface area contributed by atoms with Crippen LogP contribution in [-0.2, 0) is 0 Å². The monoisotopic (exact) mass is 371 g/mol. The summed E-state index contributed by atoms with van der Waals surface area (Å²) in [5.74, 6) is -0.450. The highest BCUT2D eigenvalue weighted by Gasteiger charge is 2.27. The Morgan fingerprint density at radius 3 is 1.86 bits per heavy atom. The quantitative estimate of drug-likeness (QED) is 0.671. The molecule has 1 aliphatic rings. The van der Waals surface area contributed by atoms with E-state index in [-0.39, 0.29) is 11.6 Å². The molecule has 3 aromatic rings. The molecule has 28 heavy (non-hydrogen) atoms. The van der Waals surface area contributed by atoms with Crippen molar-refractivity contribution in [3.63, 3.8) is 0 Å². The molecule has 0 atom stereocenters. The van der Waals surface area contributed by atoms with E-state index in [1.165, 1.54) is 17.2 Å². The van der Waals surface area contributed by atoms with Crippen LogP contribution in [0.5, 0.6) is 0 Å². The number of hydrogen-bond donors (Lipinski definition) is 0. The second-order valence-corrected chi connectivity index (χ2v) is 6.99. The summed E-state index contributed by atoms with van der Waals surface area (Å²) >= 11 is 0. The molecule has 0 spiro atoms. The van der Waals surface area contributed by atoms with Gasteiger partial charge in [0, 0.05) is 26.2 Å². The molecule has 3 aromatic carbocycles. The smallest absolute Gasteiger partial charge is 0.143 e. The zero-order chi connectivity index (χ0) is 19.3. The molecule has 0 aromatic heterocycles. The molecule has 4 rings (SSSR count). The molecule has 0 aliphatic carbocycles. The number of anilines is 1. The normalized spacial score (nSPS) is 14.8. The van der Waals surface area contributed by atoms with Crippen molar-refractivity contribution in [2.75, 3.05) is 31.1 Å². The molecular weight excluding hydrogens is 349 g/mol. The lowest BCUT2D eigenvalue weighted by Crippen LogP contribution is -2.48. The molecule has 0 amide bonds. The van der Waals surface area contributed by atoms with E-state index in [9.17, 15) is 9.65 Å². The van der Waals surface area contributed by atoms with Crippen LogP contribution in [0.1, 0.15) is 22.7 Å². The van der Waals surface area contributed by atoms with Gasteiger partial charge in [-0.3, -0.25) is 4.90 Å². The van der Waals surface area contributed by atoms with E-state index >= 15 is 0 Å². The zero-order valence-electron chi connectivity index (χ0n) is 15.6. The van der Waals surface area contributed by atoms with Gasteiger partial charge in [-0.05, 0) is 23.3 Å². The molecule has 0 unspecified atom stereocenters. The fourth-order valence-electron chi connectivity index (χ4n) is 3.99. The molecule has 1 fully saturated rings. The van der Waals surface area contributed by atoms with Crippen molar-refractivity contribution in [1.29, 1.82) is 5.26 Å². The van der Waals surface area contributed by atoms with Crippen molar-refractivity contribution in [3.8, 4) is 6.07 Å². The summed E-state index contributed by atoms with van der Waals surface area (Å²) in [7, 11) is 0. The van der Waals surface area contributed by atoms with E-state index in [1.54, 1.807) is 6.07 Å². The topological polar surface area (TPSA) is 30.3 Å². The lowest BCUT2D eigenvalue weighted by atomic mass is 9.96. The van der Waals surface area contributed by atoms with E-state index in [2.05, 4.69) is 58.3 Å². The Morgan fingerprint density at radius 2 is 1.32 bits per heavy atom. The maximum Gasteiger partial charge on any atom is 0.143 e. The first kappa shape index (κ1) is 18.2. The minimum absolute atomic E-state index is 0.138. The van der Waals surface area contributed by atoms with Crippen molar-refractivity contribution in [2.24, 2.45) is 0 Å². The van der Waals surface area contributed by atoms with Crippen LogP contribution >= 0.6 is 0 Å². The molecule has 1 heterocycles. The maximum atomic E-state index is 14.0. The van der Waals surface area contributed by atoms with Gasteiger partial charge in [0.2, 0.25) is 0 Å². The van der Waals surface area contributed by atoms with Gasteiger partial charge in [0.15, 0.2) is 0 Å². The van der Waals surface area contributed by atoms with Gasteiger partial charge in [-0.2, -0.15) is 5.26 Å². The largest absolute Gasteiger partial charge is 0.368 e. The minimum atomic E-state index is -0.450. The number of nitriles is 1. The highest BCUT2D eigenvalue weighted by atomic mass is 19.1. The molecule has 4 heteroatoms. The first-order valence-corrected chi connectivity index (χ1v) is 9.55. The average Bonchev–Trinajstić information content (AvgIpc) is 2.76. The molecule has 0 N–H and O–H groups in total. The summed E-state index contributed by atoms with van der Waals surface area (Å²) in [6, 6.07) is 28.1. The summed E-state index contributed by atoms with van der Waals surface area (Å²) in [4.78, 5) is 4.58. The second-order valence-electron chi connectivity index (χ2n) is 6.99. The summed E-state index contributed by atoms with van der Waals surface area (Å²) in [6.45, 7) is 3.20. The van der Waals surface area contributed by atoms with Gasteiger partial charge in [0.05, 0.1) is 11.7 Å². The van der Waals surface area contributed by atoms with Crippen molar-refractivity contribution < 1.29 is 4.39 Å². The lowest BCUT2D eigenvalue weighted by Gasteiger charge is -2.41. The average molecular weight is 371 g/mol. The second kappa shape index (κ2) is 8.24. The molecule has 0 radical (unpaired) electrons. The Bertz CT molecular complexity index is 919. The molecule has 0 bridgehead atoms.